The van der Waals surface area contributed by atoms with E-state index in [2.05, 4.69) is 66.8 Å². The van der Waals surface area contributed by atoms with E-state index >= 15 is 0 Å². The Morgan fingerprint density at radius 3 is 2.58 bits per heavy atom. The first-order valence-electron chi connectivity index (χ1n) is 8.74. The van der Waals surface area contributed by atoms with Crippen molar-refractivity contribution in [2.75, 3.05) is 18.0 Å². The highest BCUT2D eigenvalue weighted by molar-refractivity contribution is 8.03. The van der Waals surface area contributed by atoms with E-state index in [1.165, 1.54) is 10.5 Å². The van der Waals surface area contributed by atoms with Gasteiger partial charge in [-0.15, -0.1) is 0 Å². The van der Waals surface area contributed by atoms with Crippen molar-refractivity contribution in [3.05, 3.63) is 65.1 Å². The van der Waals surface area contributed by atoms with Gasteiger partial charge in [-0.3, -0.25) is 0 Å². The molecule has 3 rings (SSSR count). The third-order valence-corrected chi connectivity index (χ3v) is 5.39. The standard InChI is InChI=1S/C21H23N3OS/c1-5-24(6-2)18-14-13-17(20-21(18)23-25-22-20)12-11-16(4)26-19-10-8-7-9-15(19)3/h7-14H,4-6H2,1-3H3/b12-11+. The number of aromatic nitrogens is 2. The molecule has 0 saturated carbocycles. The molecule has 0 saturated heterocycles. The smallest absolute Gasteiger partial charge is 0.159 e. The van der Waals surface area contributed by atoms with Crippen LogP contribution in [0.1, 0.15) is 25.0 Å². The number of benzene rings is 2. The third-order valence-electron chi connectivity index (χ3n) is 4.31. The van der Waals surface area contributed by atoms with E-state index in [-0.39, 0.29) is 0 Å². The topological polar surface area (TPSA) is 42.2 Å². The molecule has 0 aliphatic heterocycles. The van der Waals surface area contributed by atoms with Gasteiger partial charge in [0.15, 0.2) is 5.52 Å². The summed E-state index contributed by atoms with van der Waals surface area (Å²) >= 11 is 1.66. The van der Waals surface area contributed by atoms with E-state index in [0.29, 0.717) is 0 Å². The van der Waals surface area contributed by atoms with E-state index < -0.39 is 0 Å². The zero-order chi connectivity index (χ0) is 18.5. The van der Waals surface area contributed by atoms with E-state index in [0.717, 1.165) is 40.3 Å². The molecule has 0 unspecified atom stereocenters. The maximum Gasteiger partial charge on any atom is 0.159 e. The van der Waals surface area contributed by atoms with Crippen molar-refractivity contribution >= 4 is 34.6 Å². The predicted molar refractivity (Wildman–Crippen MR) is 111 cm³/mol. The van der Waals surface area contributed by atoms with Crippen molar-refractivity contribution in [2.24, 2.45) is 0 Å². The van der Waals surface area contributed by atoms with Gasteiger partial charge in [-0.05, 0) is 54.9 Å². The SMILES string of the molecule is C=C(/C=C/c1ccc(N(CC)CC)c2nonc12)Sc1ccccc1C. The number of allylic oxidation sites excluding steroid dienone is 1. The van der Waals surface area contributed by atoms with Gasteiger partial charge in [0.25, 0.3) is 0 Å². The van der Waals surface area contributed by atoms with Gasteiger partial charge in [-0.25, -0.2) is 4.63 Å². The summed E-state index contributed by atoms with van der Waals surface area (Å²) < 4.78 is 5.02. The Balaban J connectivity index is 1.84. The number of hydrogen-bond acceptors (Lipinski definition) is 5. The van der Waals surface area contributed by atoms with E-state index in [1.807, 2.05) is 24.3 Å². The van der Waals surface area contributed by atoms with Crippen LogP contribution in [0.4, 0.5) is 5.69 Å². The molecule has 26 heavy (non-hydrogen) atoms. The Bertz CT molecular complexity index is 941. The van der Waals surface area contributed by atoms with E-state index in [4.69, 9.17) is 4.63 Å². The molecule has 0 radical (unpaired) electrons. The van der Waals surface area contributed by atoms with Crippen molar-refractivity contribution in [3.8, 4) is 0 Å². The van der Waals surface area contributed by atoms with E-state index in [9.17, 15) is 0 Å². The minimum Gasteiger partial charge on any atom is -0.370 e. The van der Waals surface area contributed by atoms with Gasteiger partial charge >= 0.3 is 0 Å². The van der Waals surface area contributed by atoms with Crippen LogP contribution in [0.2, 0.25) is 0 Å². The molecule has 0 bridgehead atoms. The van der Waals surface area contributed by atoms with Crippen molar-refractivity contribution in [1.82, 2.24) is 10.3 Å². The van der Waals surface area contributed by atoms with Crippen LogP contribution in [-0.4, -0.2) is 23.4 Å². The lowest BCUT2D eigenvalue weighted by Gasteiger charge is -2.20. The van der Waals surface area contributed by atoms with Gasteiger partial charge in [0, 0.05) is 28.5 Å². The number of anilines is 1. The molecule has 1 heterocycles. The first-order valence-corrected chi connectivity index (χ1v) is 9.56. The summed E-state index contributed by atoms with van der Waals surface area (Å²) in [6.45, 7) is 12.3. The molecule has 3 aromatic rings. The number of rotatable bonds is 7. The Morgan fingerprint density at radius 1 is 1.12 bits per heavy atom. The number of thioether (sulfide) groups is 1. The zero-order valence-electron chi connectivity index (χ0n) is 15.4. The maximum absolute atomic E-state index is 5.02. The van der Waals surface area contributed by atoms with Crippen molar-refractivity contribution < 1.29 is 4.63 Å². The Morgan fingerprint density at radius 2 is 1.85 bits per heavy atom. The summed E-state index contributed by atoms with van der Waals surface area (Å²) in [6, 6.07) is 12.4. The summed E-state index contributed by atoms with van der Waals surface area (Å²) in [5, 5.41) is 8.22. The van der Waals surface area contributed by atoms with Crippen LogP contribution >= 0.6 is 11.8 Å². The van der Waals surface area contributed by atoms with Gasteiger partial charge in [0.2, 0.25) is 0 Å². The van der Waals surface area contributed by atoms with Crippen molar-refractivity contribution in [2.45, 2.75) is 25.7 Å². The molecule has 0 fully saturated rings. The predicted octanol–water partition coefficient (Wildman–Crippen LogP) is 5.70. The molecule has 0 aliphatic rings. The summed E-state index contributed by atoms with van der Waals surface area (Å²) in [5.74, 6) is 0. The first kappa shape index (κ1) is 18.3. The molecular formula is C21H23N3OS. The Kier molecular flexibility index (Phi) is 5.78. The second-order valence-corrected chi connectivity index (χ2v) is 7.14. The summed E-state index contributed by atoms with van der Waals surface area (Å²) in [4.78, 5) is 4.43. The highest BCUT2D eigenvalue weighted by Crippen LogP contribution is 2.31. The van der Waals surface area contributed by atoms with Crippen LogP contribution in [0.15, 0.2) is 63.5 Å². The molecule has 4 nitrogen and oxygen atoms in total. The number of nitrogens with zero attached hydrogens (tertiary/aromatic N) is 3. The lowest BCUT2D eigenvalue weighted by atomic mass is 10.1. The molecule has 134 valence electrons. The molecular weight excluding hydrogens is 342 g/mol. The fourth-order valence-electron chi connectivity index (χ4n) is 2.86. The van der Waals surface area contributed by atoms with Crippen LogP contribution in [0.5, 0.6) is 0 Å². The summed E-state index contributed by atoms with van der Waals surface area (Å²) in [6.07, 6.45) is 4.03. The fraction of sp³-hybridized carbons (Fsp3) is 0.238. The van der Waals surface area contributed by atoms with Gasteiger partial charge in [-0.1, -0.05) is 48.7 Å². The highest BCUT2D eigenvalue weighted by atomic mass is 32.2. The average molecular weight is 366 g/mol. The Hall–Kier alpha value is -2.53. The third kappa shape index (κ3) is 3.83. The minimum atomic E-state index is 0.777. The first-order chi connectivity index (χ1) is 12.6. The normalized spacial score (nSPS) is 11.3. The van der Waals surface area contributed by atoms with Crippen LogP contribution in [0.25, 0.3) is 17.1 Å². The molecule has 0 N–H and O–H groups in total. The summed E-state index contributed by atoms with van der Waals surface area (Å²) in [5.41, 5.74) is 4.85. The molecule has 1 aromatic heterocycles. The van der Waals surface area contributed by atoms with Crippen molar-refractivity contribution in [1.29, 1.82) is 0 Å². The second kappa shape index (κ2) is 8.23. The van der Waals surface area contributed by atoms with Crippen LogP contribution in [-0.2, 0) is 0 Å². The van der Waals surface area contributed by atoms with Crippen LogP contribution in [0, 0.1) is 6.92 Å². The maximum atomic E-state index is 5.02. The van der Waals surface area contributed by atoms with Gasteiger partial charge in [0.1, 0.15) is 5.52 Å². The molecule has 0 aliphatic carbocycles. The highest BCUT2D eigenvalue weighted by Gasteiger charge is 2.14. The molecule has 0 atom stereocenters. The van der Waals surface area contributed by atoms with Crippen molar-refractivity contribution in [3.63, 3.8) is 0 Å². The van der Waals surface area contributed by atoms with Gasteiger partial charge < -0.3 is 4.90 Å². The number of hydrogen-bond donors (Lipinski definition) is 0. The molecule has 0 spiro atoms. The zero-order valence-corrected chi connectivity index (χ0v) is 16.2. The second-order valence-electron chi connectivity index (χ2n) is 5.97. The monoisotopic (exact) mass is 365 g/mol. The fourth-order valence-corrected chi connectivity index (χ4v) is 3.65. The number of aryl methyl sites for hydroxylation is 1. The lowest BCUT2D eigenvalue weighted by molar-refractivity contribution is 0.315. The number of fused-ring (bicyclic) bond motifs is 1. The molecule has 5 heteroatoms. The molecule has 2 aromatic carbocycles. The van der Waals surface area contributed by atoms with Crippen LogP contribution in [0.3, 0.4) is 0 Å². The lowest BCUT2D eigenvalue weighted by Crippen LogP contribution is -2.22. The largest absolute Gasteiger partial charge is 0.370 e. The minimum absolute atomic E-state index is 0.777. The quantitative estimate of drug-likeness (QED) is 0.397. The van der Waals surface area contributed by atoms with Gasteiger partial charge in [0.05, 0.1) is 5.69 Å². The average Bonchev–Trinajstić information content (AvgIpc) is 3.14. The van der Waals surface area contributed by atoms with E-state index in [1.54, 1.807) is 11.8 Å². The summed E-state index contributed by atoms with van der Waals surface area (Å²) in [7, 11) is 0. The molecule has 0 amide bonds. The van der Waals surface area contributed by atoms with Crippen LogP contribution < -0.4 is 4.90 Å². The van der Waals surface area contributed by atoms with Gasteiger partial charge in [-0.2, -0.15) is 0 Å². The Labute approximate surface area is 158 Å².